The highest BCUT2D eigenvalue weighted by atomic mass is 15.1. The molecule has 0 aliphatic heterocycles. The van der Waals surface area contributed by atoms with Crippen LogP contribution < -0.4 is 0 Å². The second-order valence-electron chi connectivity index (χ2n) is 10.4. The molecule has 0 amide bonds. The highest BCUT2D eigenvalue weighted by Gasteiger charge is 2.23. The Balaban J connectivity index is 1.39. The molecule has 5 aromatic heterocycles. The van der Waals surface area contributed by atoms with Crippen LogP contribution in [0.2, 0.25) is 0 Å². The molecule has 4 aromatic carbocycles. The number of pyridine rings is 2. The summed E-state index contributed by atoms with van der Waals surface area (Å²) < 4.78 is 6.80. The van der Waals surface area contributed by atoms with Crippen LogP contribution in [0.1, 0.15) is 0 Å². The molecule has 41 heavy (non-hydrogen) atoms. The van der Waals surface area contributed by atoms with E-state index in [1.54, 1.807) is 0 Å². The van der Waals surface area contributed by atoms with E-state index in [1.165, 1.54) is 32.6 Å². The van der Waals surface area contributed by atoms with Crippen LogP contribution in [0.3, 0.4) is 0 Å². The second-order valence-corrected chi connectivity index (χ2v) is 10.4. The van der Waals surface area contributed by atoms with Crippen molar-refractivity contribution in [1.82, 2.24) is 23.5 Å². The smallest absolute Gasteiger partial charge is 0.137 e. The van der Waals surface area contributed by atoms with Crippen molar-refractivity contribution in [3.8, 4) is 22.8 Å². The lowest BCUT2D eigenvalue weighted by atomic mass is 10.1. The number of para-hydroxylation sites is 1. The fourth-order valence-electron chi connectivity index (χ4n) is 6.33. The molecule has 0 N–H and O–H groups in total. The molecule has 0 bridgehead atoms. The molecular formula is C36H23N5. The summed E-state index contributed by atoms with van der Waals surface area (Å²) in [4.78, 5) is 9.62. The SMILES string of the molecule is c1ccc(-n2c3ccccc3c3c2c2ccc4ccccc4c2n3-c2ccc(-c3cn4ccccc4n3)cc2)nc1. The summed E-state index contributed by atoms with van der Waals surface area (Å²) in [6.07, 6.45) is 5.98. The van der Waals surface area contributed by atoms with E-state index in [2.05, 4.69) is 117 Å². The summed E-state index contributed by atoms with van der Waals surface area (Å²) >= 11 is 0. The summed E-state index contributed by atoms with van der Waals surface area (Å²) in [5.74, 6) is 0.910. The number of hydrogen-bond donors (Lipinski definition) is 0. The average Bonchev–Trinajstić information content (AvgIpc) is 3.72. The first-order chi connectivity index (χ1) is 20.3. The fraction of sp³-hybridized carbons (Fsp3) is 0. The number of hydrogen-bond acceptors (Lipinski definition) is 2. The highest BCUT2D eigenvalue weighted by molar-refractivity contribution is 6.24. The molecule has 192 valence electrons. The lowest BCUT2D eigenvalue weighted by Gasteiger charge is -2.11. The van der Waals surface area contributed by atoms with Crippen molar-refractivity contribution in [2.24, 2.45) is 0 Å². The number of rotatable bonds is 3. The average molecular weight is 526 g/mol. The van der Waals surface area contributed by atoms with Crippen molar-refractivity contribution in [2.45, 2.75) is 0 Å². The quantitative estimate of drug-likeness (QED) is 0.232. The number of benzene rings is 4. The molecule has 0 saturated heterocycles. The van der Waals surface area contributed by atoms with Crippen LogP contribution in [0.5, 0.6) is 0 Å². The maximum Gasteiger partial charge on any atom is 0.137 e. The molecule has 0 spiro atoms. The molecule has 5 heteroatoms. The van der Waals surface area contributed by atoms with E-state index in [9.17, 15) is 0 Å². The van der Waals surface area contributed by atoms with E-state index < -0.39 is 0 Å². The molecule has 0 aliphatic rings. The third kappa shape index (κ3) is 3.17. The molecule has 0 unspecified atom stereocenters. The van der Waals surface area contributed by atoms with Gasteiger partial charge in [0.25, 0.3) is 0 Å². The maximum atomic E-state index is 4.84. The van der Waals surface area contributed by atoms with E-state index in [-0.39, 0.29) is 0 Å². The molecule has 0 saturated carbocycles. The predicted octanol–water partition coefficient (Wildman–Crippen LogP) is 8.59. The fourth-order valence-corrected chi connectivity index (χ4v) is 6.33. The third-order valence-corrected chi connectivity index (χ3v) is 8.11. The Hall–Kier alpha value is -5.68. The van der Waals surface area contributed by atoms with Gasteiger partial charge < -0.3 is 8.97 Å². The summed E-state index contributed by atoms with van der Waals surface area (Å²) in [5.41, 5.74) is 8.78. The number of imidazole rings is 1. The Kier molecular flexibility index (Phi) is 4.55. The zero-order chi connectivity index (χ0) is 26.9. The van der Waals surface area contributed by atoms with Crippen molar-refractivity contribution in [2.75, 3.05) is 0 Å². The third-order valence-electron chi connectivity index (χ3n) is 8.11. The Morgan fingerprint density at radius 3 is 2.17 bits per heavy atom. The van der Waals surface area contributed by atoms with Crippen molar-refractivity contribution >= 4 is 49.3 Å². The maximum absolute atomic E-state index is 4.84. The molecule has 5 nitrogen and oxygen atoms in total. The zero-order valence-electron chi connectivity index (χ0n) is 22.0. The summed E-state index contributed by atoms with van der Waals surface area (Å²) in [6, 6.07) is 42.7. The van der Waals surface area contributed by atoms with Crippen LogP contribution in [0.15, 0.2) is 140 Å². The number of nitrogens with zero attached hydrogens (tertiary/aromatic N) is 5. The van der Waals surface area contributed by atoms with E-state index in [0.717, 1.165) is 39.4 Å². The molecule has 0 fully saturated rings. The minimum atomic E-state index is 0.910. The first kappa shape index (κ1) is 22.2. The van der Waals surface area contributed by atoms with Gasteiger partial charge in [0.05, 0.1) is 27.8 Å². The first-order valence-electron chi connectivity index (χ1n) is 13.8. The van der Waals surface area contributed by atoms with Crippen LogP contribution in [0.4, 0.5) is 0 Å². The van der Waals surface area contributed by atoms with Gasteiger partial charge in [-0.05, 0) is 47.9 Å². The van der Waals surface area contributed by atoms with Gasteiger partial charge in [0.1, 0.15) is 11.5 Å². The van der Waals surface area contributed by atoms with Gasteiger partial charge in [0.15, 0.2) is 0 Å². The topological polar surface area (TPSA) is 40.0 Å². The largest absolute Gasteiger partial charge is 0.306 e. The van der Waals surface area contributed by atoms with Gasteiger partial charge in [0.2, 0.25) is 0 Å². The van der Waals surface area contributed by atoms with Gasteiger partial charge in [-0.1, -0.05) is 78.9 Å². The Bertz CT molecular complexity index is 2370. The van der Waals surface area contributed by atoms with E-state index >= 15 is 0 Å². The van der Waals surface area contributed by atoms with Gasteiger partial charge in [-0.3, -0.25) is 4.57 Å². The lowest BCUT2D eigenvalue weighted by molar-refractivity contribution is 1.08. The molecule has 0 radical (unpaired) electrons. The van der Waals surface area contributed by atoms with Crippen LogP contribution >= 0.6 is 0 Å². The summed E-state index contributed by atoms with van der Waals surface area (Å²) in [6.45, 7) is 0. The van der Waals surface area contributed by atoms with Crippen molar-refractivity contribution < 1.29 is 0 Å². The molecule has 0 atom stereocenters. The lowest BCUT2D eigenvalue weighted by Crippen LogP contribution is -1.96. The van der Waals surface area contributed by atoms with Crippen molar-refractivity contribution in [3.63, 3.8) is 0 Å². The Labute approximate surface area is 235 Å². The predicted molar refractivity (Wildman–Crippen MR) is 167 cm³/mol. The minimum Gasteiger partial charge on any atom is -0.306 e. The van der Waals surface area contributed by atoms with Gasteiger partial charge in [-0.2, -0.15) is 0 Å². The van der Waals surface area contributed by atoms with Crippen molar-refractivity contribution in [3.05, 3.63) is 140 Å². The zero-order valence-corrected chi connectivity index (χ0v) is 22.0. The number of fused-ring (bicyclic) bond motifs is 8. The molecule has 9 aromatic rings. The van der Waals surface area contributed by atoms with Crippen LogP contribution in [-0.4, -0.2) is 23.5 Å². The van der Waals surface area contributed by atoms with Gasteiger partial charge in [-0.25, -0.2) is 9.97 Å². The van der Waals surface area contributed by atoms with Crippen molar-refractivity contribution in [1.29, 1.82) is 0 Å². The van der Waals surface area contributed by atoms with Crippen LogP contribution in [-0.2, 0) is 0 Å². The monoisotopic (exact) mass is 525 g/mol. The Morgan fingerprint density at radius 2 is 1.32 bits per heavy atom. The van der Waals surface area contributed by atoms with Gasteiger partial charge >= 0.3 is 0 Å². The number of aromatic nitrogens is 5. The first-order valence-corrected chi connectivity index (χ1v) is 13.8. The van der Waals surface area contributed by atoms with Crippen LogP contribution in [0, 0.1) is 0 Å². The van der Waals surface area contributed by atoms with E-state index in [0.29, 0.717) is 0 Å². The molecule has 5 heterocycles. The minimum absolute atomic E-state index is 0.910. The second kappa shape index (κ2) is 8.41. The van der Waals surface area contributed by atoms with E-state index in [1.807, 2.05) is 36.7 Å². The van der Waals surface area contributed by atoms with Crippen LogP contribution in [0.25, 0.3) is 72.0 Å². The molecular weight excluding hydrogens is 502 g/mol. The Morgan fingerprint density at radius 1 is 0.537 bits per heavy atom. The molecule has 0 aliphatic carbocycles. The van der Waals surface area contributed by atoms with E-state index in [4.69, 9.17) is 9.97 Å². The molecule has 9 rings (SSSR count). The summed E-state index contributed by atoms with van der Waals surface area (Å²) in [5, 5.41) is 4.83. The normalized spacial score (nSPS) is 11.9. The highest BCUT2D eigenvalue weighted by Crippen LogP contribution is 2.42. The summed E-state index contributed by atoms with van der Waals surface area (Å²) in [7, 11) is 0. The van der Waals surface area contributed by atoms with Gasteiger partial charge in [-0.15, -0.1) is 0 Å². The standard InChI is InChI=1S/C36H23N5/c1-2-10-27-24(9-1)17-20-29-34(27)40(26-18-15-25(16-19-26)30-23-39-22-8-6-14-33(39)38-30)35-28-11-3-4-12-31(28)41(36(29)35)32-13-5-7-21-37-32/h1-23H. The van der Waals surface area contributed by atoms with Gasteiger partial charge in [0, 0.05) is 46.0 Å².